The van der Waals surface area contributed by atoms with Gasteiger partial charge in [-0.2, -0.15) is 13.2 Å². The Bertz CT molecular complexity index is 776. The Morgan fingerprint density at radius 2 is 1.81 bits per heavy atom. The summed E-state index contributed by atoms with van der Waals surface area (Å²) in [4.78, 5) is 26.8. The fourth-order valence-electron chi connectivity index (χ4n) is 2.09. The van der Waals surface area contributed by atoms with E-state index in [0.717, 1.165) is 12.3 Å². The van der Waals surface area contributed by atoms with Crippen LogP contribution in [0.25, 0.3) is 0 Å². The second kappa shape index (κ2) is 8.32. The molecular formula is C17H17F3N4O2. The van der Waals surface area contributed by atoms with Gasteiger partial charge in [0.2, 0.25) is 5.91 Å². The summed E-state index contributed by atoms with van der Waals surface area (Å²) < 4.78 is 37.3. The lowest BCUT2D eigenvalue weighted by Crippen LogP contribution is -2.26. The smallest absolute Gasteiger partial charge is 0.370 e. The number of nitrogens with one attached hydrogen (secondary N) is 2. The van der Waals surface area contributed by atoms with Gasteiger partial charge in [-0.15, -0.1) is 0 Å². The molecule has 2 aromatic rings. The average Bonchev–Trinajstić information content (AvgIpc) is 2.61. The van der Waals surface area contributed by atoms with Crippen LogP contribution in [0.5, 0.6) is 0 Å². The Kier molecular flexibility index (Phi) is 6.16. The lowest BCUT2D eigenvalue weighted by atomic mass is 10.1. The number of carbonyl (C=O) groups is 2. The number of benzene rings is 1. The molecule has 0 radical (unpaired) electrons. The Balaban J connectivity index is 1.74. The van der Waals surface area contributed by atoms with Gasteiger partial charge in [-0.3, -0.25) is 9.59 Å². The summed E-state index contributed by atoms with van der Waals surface area (Å²) in [6.45, 7) is 0.757. The minimum absolute atomic E-state index is 0.243. The van der Waals surface area contributed by atoms with Crippen molar-refractivity contribution in [3.8, 4) is 0 Å². The van der Waals surface area contributed by atoms with Gasteiger partial charge in [-0.05, 0) is 36.8 Å². The Hall–Kier alpha value is -3.10. The lowest BCUT2D eigenvalue weighted by molar-refractivity contribution is -0.137. The molecule has 0 saturated carbocycles. The molecule has 9 heteroatoms. The second-order valence-electron chi connectivity index (χ2n) is 5.41. The predicted octanol–water partition coefficient (Wildman–Crippen LogP) is 2.43. The highest BCUT2D eigenvalue weighted by molar-refractivity contribution is 5.99. The van der Waals surface area contributed by atoms with Gasteiger partial charge in [0.05, 0.1) is 5.56 Å². The molecule has 1 aromatic heterocycles. The summed E-state index contributed by atoms with van der Waals surface area (Å²) in [5.41, 5.74) is 4.91. The largest absolute Gasteiger partial charge is 0.417 e. The van der Waals surface area contributed by atoms with E-state index in [0.29, 0.717) is 30.9 Å². The molecule has 0 fully saturated rings. The van der Waals surface area contributed by atoms with Gasteiger partial charge in [0.1, 0.15) is 5.82 Å². The number of halogens is 3. The molecule has 1 aromatic carbocycles. The molecule has 1 heterocycles. The zero-order valence-electron chi connectivity index (χ0n) is 13.6. The van der Waals surface area contributed by atoms with Gasteiger partial charge in [0.15, 0.2) is 0 Å². The first-order valence-electron chi connectivity index (χ1n) is 7.72. The molecule has 0 spiro atoms. The molecule has 4 N–H and O–H groups in total. The third kappa shape index (κ3) is 5.47. The molecule has 0 aliphatic rings. The summed E-state index contributed by atoms with van der Waals surface area (Å²) in [7, 11) is 0. The fraction of sp³-hybridized carbons (Fsp3) is 0.235. The van der Waals surface area contributed by atoms with E-state index in [-0.39, 0.29) is 11.5 Å². The van der Waals surface area contributed by atoms with Crippen molar-refractivity contribution in [3.05, 3.63) is 59.3 Å². The molecule has 6 nitrogen and oxygen atoms in total. The molecule has 138 valence electrons. The number of rotatable bonds is 7. The number of hydrogen-bond acceptors (Lipinski definition) is 4. The predicted molar refractivity (Wildman–Crippen MR) is 89.6 cm³/mol. The second-order valence-corrected chi connectivity index (χ2v) is 5.41. The van der Waals surface area contributed by atoms with Gasteiger partial charge in [0.25, 0.3) is 5.91 Å². The molecule has 0 aliphatic carbocycles. The van der Waals surface area contributed by atoms with Crippen LogP contribution < -0.4 is 16.4 Å². The fourth-order valence-corrected chi connectivity index (χ4v) is 2.09. The van der Waals surface area contributed by atoms with E-state index >= 15 is 0 Å². The minimum atomic E-state index is -4.42. The van der Waals surface area contributed by atoms with Crippen LogP contribution in [0.2, 0.25) is 0 Å². The van der Waals surface area contributed by atoms with Crippen LogP contribution in [0.15, 0.2) is 42.6 Å². The van der Waals surface area contributed by atoms with Crippen LogP contribution in [-0.2, 0) is 6.18 Å². The maximum Gasteiger partial charge on any atom is 0.417 e. The van der Waals surface area contributed by atoms with Crippen molar-refractivity contribution in [2.45, 2.75) is 12.6 Å². The lowest BCUT2D eigenvalue weighted by Gasteiger charge is -2.09. The average molecular weight is 366 g/mol. The number of alkyl halides is 3. The van der Waals surface area contributed by atoms with Crippen molar-refractivity contribution < 1.29 is 22.8 Å². The molecule has 2 rings (SSSR count). The van der Waals surface area contributed by atoms with Crippen molar-refractivity contribution in [1.82, 2.24) is 10.3 Å². The first kappa shape index (κ1) is 19.2. The molecule has 0 unspecified atom stereocenters. The van der Waals surface area contributed by atoms with Crippen LogP contribution in [0.1, 0.15) is 32.7 Å². The first-order valence-corrected chi connectivity index (χ1v) is 7.72. The zero-order chi connectivity index (χ0) is 19.2. The van der Waals surface area contributed by atoms with E-state index in [1.165, 1.54) is 18.2 Å². The van der Waals surface area contributed by atoms with Gasteiger partial charge in [-0.1, -0.05) is 6.07 Å². The summed E-state index contributed by atoms with van der Waals surface area (Å²) in [5.74, 6) is -0.646. The van der Waals surface area contributed by atoms with Crippen molar-refractivity contribution in [2.75, 3.05) is 18.4 Å². The number of carbonyl (C=O) groups excluding carboxylic acids is 2. The number of aromatic nitrogens is 1. The molecule has 0 atom stereocenters. The monoisotopic (exact) mass is 366 g/mol. The number of pyridine rings is 1. The third-order valence-electron chi connectivity index (χ3n) is 3.45. The van der Waals surface area contributed by atoms with E-state index in [4.69, 9.17) is 5.73 Å². The third-order valence-corrected chi connectivity index (χ3v) is 3.45. The molecule has 2 amide bonds. The number of anilines is 1. The van der Waals surface area contributed by atoms with E-state index < -0.39 is 17.6 Å². The standard InChI is InChI=1S/C17H17F3N4O2/c18-17(19,20)13-5-6-14(24-10-13)22-7-2-8-23-16(26)12-4-1-3-11(9-12)15(21)25/h1,3-6,9-10H,2,7-8H2,(H2,21,25)(H,22,24)(H,23,26). The summed E-state index contributed by atoms with van der Waals surface area (Å²) in [5, 5.41) is 5.55. The SMILES string of the molecule is NC(=O)c1cccc(C(=O)NCCCNc2ccc(C(F)(F)F)cn2)c1. The van der Waals surface area contributed by atoms with E-state index in [1.54, 1.807) is 12.1 Å². The molecule has 0 bridgehead atoms. The van der Waals surface area contributed by atoms with Crippen molar-refractivity contribution in [1.29, 1.82) is 0 Å². The highest BCUT2D eigenvalue weighted by atomic mass is 19.4. The molecule has 0 saturated heterocycles. The Morgan fingerprint density at radius 1 is 1.08 bits per heavy atom. The van der Waals surface area contributed by atoms with Crippen LogP contribution in [0.4, 0.5) is 19.0 Å². The number of nitrogens with zero attached hydrogens (tertiary/aromatic N) is 1. The number of amides is 2. The number of nitrogens with two attached hydrogens (primary N) is 1. The molecular weight excluding hydrogens is 349 g/mol. The van der Waals surface area contributed by atoms with Crippen LogP contribution in [0, 0.1) is 0 Å². The van der Waals surface area contributed by atoms with Gasteiger partial charge < -0.3 is 16.4 Å². The van der Waals surface area contributed by atoms with Gasteiger partial charge in [0, 0.05) is 30.4 Å². The topological polar surface area (TPSA) is 97.1 Å². The summed E-state index contributed by atoms with van der Waals surface area (Å²) in [6.07, 6.45) is -3.12. The summed E-state index contributed by atoms with van der Waals surface area (Å²) >= 11 is 0. The minimum Gasteiger partial charge on any atom is -0.370 e. The van der Waals surface area contributed by atoms with E-state index in [1.807, 2.05) is 0 Å². The van der Waals surface area contributed by atoms with Crippen LogP contribution in [0.3, 0.4) is 0 Å². The van der Waals surface area contributed by atoms with Crippen LogP contribution in [-0.4, -0.2) is 29.9 Å². The highest BCUT2D eigenvalue weighted by Gasteiger charge is 2.30. The van der Waals surface area contributed by atoms with Gasteiger partial charge >= 0.3 is 6.18 Å². The van der Waals surface area contributed by atoms with Crippen molar-refractivity contribution >= 4 is 17.6 Å². The van der Waals surface area contributed by atoms with Crippen molar-refractivity contribution in [3.63, 3.8) is 0 Å². The molecule has 0 aliphatic heterocycles. The number of hydrogen-bond donors (Lipinski definition) is 3. The van der Waals surface area contributed by atoms with Gasteiger partial charge in [-0.25, -0.2) is 4.98 Å². The Morgan fingerprint density at radius 3 is 2.42 bits per heavy atom. The normalized spacial score (nSPS) is 11.0. The highest BCUT2D eigenvalue weighted by Crippen LogP contribution is 2.28. The number of primary amides is 1. The van der Waals surface area contributed by atoms with E-state index in [2.05, 4.69) is 15.6 Å². The quantitative estimate of drug-likeness (QED) is 0.656. The molecule has 26 heavy (non-hydrogen) atoms. The van der Waals surface area contributed by atoms with Crippen molar-refractivity contribution in [2.24, 2.45) is 5.73 Å². The zero-order valence-corrected chi connectivity index (χ0v) is 13.6. The first-order chi connectivity index (χ1) is 12.3. The Labute approximate surface area is 147 Å². The maximum atomic E-state index is 12.4. The van der Waals surface area contributed by atoms with Crippen LogP contribution >= 0.6 is 0 Å². The maximum absolute atomic E-state index is 12.4. The summed E-state index contributed by atoms with van der Waals surface area (Å²) in [6, 6.07) is 8.24. The van der Waals surface area contributed by atoms with E-state index in [9.17, 15) is 22.8 Å².